The summed E-state index contributed by atoms with van der Waals surface area (Å²) in [5.41, 5.74) is 1.44. The van der Waals surface area contributed by atoms with Gasteiger partial charge < -0.3 is 5.32 Å². The number of benzene rings is 2. The molecule has 6 nitrogen and oxygen atoms in total. The lowest BCUT2D eigenvalue weighted by Gasteiger charge is -2.30. The average molecular weight is 398 g/mol. The highest BCUT2D eigenvalue weighted by molar-refractivity contribution is 7.89. The van der Waals surface area contributed by atoms with Crippen molar-refractivity contribution in [2.75, 3.05) is 12.4 Å². The second-order valence-corrected chi connectivity index (χ2v) is 8.98. The standard InChI is InChI=1S/C21H23N3O3S/c1-24(19-5-3-2-4-6-19)28(26,27)20-13-9-17(10-14-20)21(25)23-18-11-7-16(15-22)8-12-18/h7-14,19H,2-6H2,1H3,(H,23,25). The summed E-state index contributed by atoms with van der Waals surface area (Å²) in [6, 6.07) is 14.6. The normalized spacial score (nSPS) is 15.2. The van der Waals surface area contributed by atoms with Crippen molar-refractivity contribution in [3.63, 3.8) is 0 Å². The molecule has 28 heavy (non-hydrogen) atoms. The Morgan fingerprint density at radius 1 is 1.04 bits per heavy atom. The molecule has 0 radical (unpaired) electrons. The number of carbonyl (C=O) groups is 1. The molecule has 1 fully saturated rings. The van der Waals surface area contributed by atoms with E-state index in [-0.39, 0.29) is 16.8 Å². The summed E-state index contributed by atoms with van der Waals surface area (Å²) in [6.07, 6.45) is 5.05. The Bertz CT molecular complexity index is 971. The van der Waals surface area contributed by atoms with E-state index in [2.05, 4.69) is 5.32 Å². The Hall–Kier alpha value is -2.69. The number of sulfonamides is 1. The summed E-state index contributed by atoms with van der Waals surface area (Å²) in [6.45, 7) is 0. The molecule has 0 bridgehead atoms. The van der Waals surface area contributed by atoms with Crippen LogP contribution in [0.5, 0.6) is 0 Å². The first-order valence-corrected chi connectivity index (χ1v) is 10.8. The molecule has 3 rings (SSSR count). The van der Waals surface area contributed by atoms with Gasteiger partial charge in [-0.3, -0.25) is 4.79 Å². The number of nitriles is 1. The number of nitrogens with one attached hydrogen (secondary N) is 1. The average Bonchev–Trinajstić information content (AvgIpc) is 2.74. The molecule has 0 saturated heterocycles. The minimum atomic E-state index is -3.58. The molecular formula is C21H23N3O3S. The van der Waals surface area contributed by atoms with Gasteiger partial charge in [-0.05, 0) is 61.4 Å². The first kappa shape index (κ1) is 20.1. The highest BCUT2D eigenvalue weighted by Gasteiger charge is 2.29. The third-order valence-electron chi connectivity index (χ3n) is 5.15. The number of hydrogen-bond donors (Lipinski definition) is 1. The highest BCUT2D eigenvalue weighted by Crippen LogP contribution is 2.26. The summed E-state index contributed by atoms with van der Waals surface area (Å²) >= 11 is 0. The van der Waals surface area contributed by atoms with E-state index in [1.165, 1.54) is 28.6 Å². The van der Waals surface area contributed by atoms with Crippen molar-refractivity contribution in [3.05, 3.63) is 59.7 Å². The van der Waals surface area contributed by atoms with Crippen molar-refractivity contribution < 1.29 is 13.2 Å². The summed E-state index contributed by atoms with van der Waals surface area (Å²) in [7, 11) is -1.94. The summed E-state index contributed by atoms with van der Waals surface area (Å²) in [5, 5.41) is 11.5. The van der Waals surface area contributed by atoms with Crippen LogP contribution in [0.1, 0.15) is 48.0 Å². The van der Waals surface area contributed by atoms with Gasteiger partial charge in [-0.1, -0.05) is 19.3 Å². The number of amides is 1. The maximum Gasteiger partial charge on any atom is 0.255 e. The number of hydrogen-bond acceptors (Lipinski definition) is 4. The first-order chi connectivity index (χ1) is 13.4. The molecule has 1 N–H and O–H groups in total. The molecular weight excluding hydrogens is 374 g/mol. The number of nitrogens with zero attached hydrogens (tertiary/aromatic N) is 2. The lowest BCUT2D eigenvalue weighted by atomic mass is 9.96. The van der Waals surface area contributed by atoms with Crippen molar-refractivity contribution in [2.24, 2.45) is 0 Å². The van der Waals surface area contributed by atoms with E-state index >= 15 is 0 Å². The van der Waals surface area contributed by atoms with Gasteiger partial charge in [0.05, 0.1) is 16.5 Å². The molecule has 2 aromatic carbocycles. The van der Waals surface area contributed by atoms with E-state index in [1.54, 1.807) is 31.3 Å². The minimum absolute atomic E-state index is 0.0399. The maximum atomic E-state index is 12.9. The molecule has 1 aliphatic carbocycles. The van der Waals surface area contributed by atoms with Gasteiger partial charge >= 0.3 is 0 Å². The van der Waals surface area contributed by atoms with Crippen LogP contribution in [-0.2, 0) is 10.0 Å². The van der Waals surface area contributed by atoms with E-state index in [9.17, 15) is 13.2 Å². The molecule has 2 aromatic rings. The third-order valence-corrected chi connectivity index (χ3v) is 7.08. The van der Waals surface area contributed by atoms with Gasteiger partial charge in [0.2, 0.25) is 10.0 Å². The second-order valence-electron chi connectivity index (χ2n) is 6.98. The maximum absolute atomic E-state index is 12.9. The molecule has 0 aliphatic heterocycles. The van der Waals surface area contributed by atoms with Gasteiger partial charge in [-0.25, -0.2) is 8.42 Å². The van der Waals surface area contributed by atoms with Crippen molar-refractivity contribution in [1.82, 2.24) is 4.31 Å². The molecule has 1 saturated carbocycles. The SMILES string of the molecule is CN(C1CCCCC1)S(=O)(=O)c1ccc(C(=O)Nc2ccc(C#N)cc2)cc1. The molecule has 146 valence electrons. The molecule has 0 unspecified atom stereocenters. The summed E-state index contributed by atoms with van der Waals surface area (Å²) in [4.78, 5) is 12.6. The fourth-order valence-corrected chi connectivity index (χ4v) is 4.83. The Balaban J connectivity index is 1.71. The van der Waals surface area contributed by atoms with Gasteiger partial charge in [0, 0.05) is 24.3 Å². The van der Waals surface area contributed by atoms with Gasteiger partial charge in [0.15, 0.2) is 0 Å². The fourth-order valence-electron chi connectivity index (χ4n) is 3.42. The lowest BCUT2D eigenvalue weighted by Crippen LogP contribution is -2.38. The predicted molar refractivity (Wildman–Crippen MR) is 107 cm³/mol. The van der Waals surface area contributed by atoms with Gasteiger partial charge in [0.1, 0.15) is 0 Å². The topological polar surface area (TPSA) is 90.3 Å². The molecule has 0 spiro atoms. The first-order valence-electron chi connectivity index (χ1n) is 9.31. The van der Waals surface area contributed by atoms with Crippen LogP contribution in [0.15, 0.2) is 53.4 Å². The molecule has 1 aliphatic rings. The zero-order valence-electron chi connectivity index (χ0n) is 15.8. The van der Waals surface area contributed by atoms with Crippen molar-refractivity contribution in [2.45, 2.75) is 43.0 Å². The van der Waals surface area contributed by atoms with Crippen molar-refractivity contribution in [1.29, 1.82) is 5.26 Å². The van der Waals surface area contributed by atoms with Crippen molar-refractivity contribution >= 4 is 21.6 Å². The smallest absolute Gasteiger partial charge is 0.255 e. The van der Waals surface area contributed by atoms with E-state index in [0.717, 1.165) is 32.1 Å². The minimum Gasteiger partial charge on any atom is -0.322 e. The van der Waals surface area contributed by atoms with E-state index in [4.69, 9.17) is 5.26 Å². The molecule has 0 heterocycles. The van der Waals surface area contributed by atoms with Gasteiger partial charge in [-0.2, -0.15) is 9.57 Å². The van der Waals surface area contributed by atoms with E-state index < -0.39 is 10.0 Å². The van der Waals surface area contributed by atoms with Crippen LogP contribution in [0, 0.1) is 11.3 Å². The summed E-state index contributed by atoms with van der Waals surface area (Å²) < 4.78 is 27.2. The zero-order chi connectivity index (χ0) is 20.1. The van der Waals surface area contributed by atoms with Gasteiger partial charge in [-0.15, -0.1) is 0 Å². The molecule has 1 amide bonds. The lowest BCUT2D eigenvalue weighted by molar-refractivity contribution is 0.102. The largest absolute Gasteiger partial charge is 0.322 e. The van der Waals surface area contributed by atoms with Crippen LogP contribution in [0.3, 0.4) is 0 Å². The Morgan fingerprint density at radius 3 is 2.21 bits per heavy atom. The number of anilines is 1. The van der Waals surface area contributed by atoms with Crippen LogP contribution >= 0.6 is 0 Å². The van der Waals surface area contributed by atoms with Crippen LogP contribution in [0.2, 0.25) is 0 Å². The monoisotopic (exact) mass is 397 g/mol. The van der Waals surface area contributed by atoms with E-state index in [1.807, 2.05) is 6.07 Å². The van der Waals surface area contributed by atoms with Crippen LogP contribution in [0.4, 0.5) is 5.69 Å². The molecule has 0 atom stereocenters. The van der Waals surface area contributed by atoms with Crippen LogP contribution < -0.4 is 5.32 Å². The van der Waals surface area contributed by atoms with Crippen molar-refractivity contribution in [3.8, 4) is 6.07 Å². The van der Waals surface area contributed by atoms with Crippen LogP contribution in [0.25, 0.3) is 0 Å². The number of carbonyl (C=O) groups excluding carboxylic acids is 1. The third kappa shape index (κ3) is 4.41. The Kier molecular flexibility index (Phi) is 6.12. The highest BCUT2D eigenvalue weighted by atomic mass is 32.2. The van der Waals surface area contributed by atoms with E-state index in [0.29, 0.717) is 16.8 Å². The fraction of sp³-hybridized carbons (Fsp3) is 0.333. The Morgan fingerprint density at radius 2 is 1.64 bits per heavy atom. The predicted octanol–water partition coefficient (Wildman–Crippen LogP) is 3.76. The molecule has 0 aromatic heterocycles. The van der Waals surface area contributed by atoms with Gasteiger partial charge in [0.25, 0.3) is 5.91 Å². The Labute approximate surface area is 165 Å². The molecule has 7 heteroatoms. The number of rotatable bonds is 5. The second kappa shape index (κ2) is 8.55. The zero-order valence-corrected chi connectivity index (χ0v) is 16.6. The quantitative estimate of drug-likeness (QED) is 0.832. The summed E-state index contributed by atoms with van der Waals surface area (Å²) in [5.74, 6) is -0.339. The van der Waals surface area contributed by atoms with Crippen LogP contribution in [-0.4, -0.2) is 31.7 Å².